The summed E-state index contributed by atoms with van der Waals surface area (Å²) in [7, 11) is 0. The number of esters is 3. The molecule has 2 aliphatic carbocycles. The minimum atomic E-state index is -1.88. The van der Waals surface area contributed by atoms with E-state index in [0.29, 0.717) is 17.6 Å². The summed E-state index contributed by atoms with van der Waals surface area (Å²) in [5, 5.41) is 56.0. The second kappa shape index (κ2) is 30.8. The summed E-state index contributed by atoms with van der Waals surface area (Å²) in [5.74, 6) is -3.90. The molecule has 0 amide bonds. The Morgan fingerprint density at radius 2 is 1.01 bits per heavy atom. The Hall–Kier alpha value is -5.84. The Labute approximate surface area is 419 Å². The third kappa shape index (κ3) is 22.8. The average molecular weight is 991 g/mol. The van der Waals surface area contributed by atoms with Crippen molar-refractivity contribution >= 4 is 35.4 Å². The zero-order chi connectivity index (χ0) is 54.2. The fourth-order valence-electron chi connectivity index (χ4n) is 7.40. The highest BCUT2D eigenvalue weighted by atomic mass is 16.6. The molecule has 0 saturated heterocycles. The largest absolute Gasteiger partial charge is 0.481 e. The molecule has 0 radical (unpaired) electrons. The van der Waals surface area contributed by atoms with Crippen LogP contribution in [0.1, 0.15) is 122 Å². The van der Waals surface area contributed by atoms with Crippen LogP contribution in [0.3, 0.4) is 0 Å². The number of aliphatic hydroxyl groups is 5. The van der Waals surface area contributed by atoms with Gasteiger partial charge in [-0.2, -0.15) is 0 Å². The predicted octanol–water partition coefficient (Wildman–Crippen LogP) is 7.66. The number of carboxylic acid groups (broad SMARTS) is 1. The minimum absolute atomic E-state index is 0.220. The number of carbonyl (C=O) groups is 6. The zero-order valence-corrected chi connectivity index (χ0v) is 43.6. The summed E-state index contributed by atoms with van der Waals surface area (Å²) in [6.07, 6.45) is 17.9. The molecule has 0 spiro atoms. The molecule has 0 aromatic heterocycles. The SMILES string of the molecule is C/C=C/C=C(C)/C=C/C1=C(C)C(=O)C(OC(=O)CCC(=O)O)CC1(C)C.CC(C)=C/C=C/C=C(C)/C=C/C=C(C)/C=C/C1=C(C)C(=O)C(OC(=O)CCC(=O)OCC(O)C(O)C(O)C(O)CO)CC1(C)C. The molecule has 392 valence electrons. The van der Waals surface area contributed by atoms with Crippen LogP contribution in [0.2, 0.25) is 0 Å². The topological polar surface area (TPSA) is 251 Å². The first-order valence-electron chi connectivity index (χ1n) is 23.7. The number of hydrogen-bond donors (Lipinski definition) is 6. The van der Waals surface area contributed by atoms with Gasteiger partial charge in [-0.1, -0.05) is 135 Å². The first-order chi connectivity index (χ1) is 33.1. The number of aliphatic carboxylic acids is 1. The number of ketones is 2. The Kier molecular flexibility index (Phi) is 27.4. The van der Waals surface area contributed by atoms with E-state index >= 15 is 0 Å². The highest BCUT2D eigenvalue weighted by Crippen LogP contribution is 2.42. The lowest BCUT2D eigenvalue weighted by atomic mass is 9.71. The molecule has 0 aromatic rings. The standard InChI is InChI=1S/C35H50O10.C21H28O5/c1-22(2)11-8-9-12-23(3)13-10-14-24(4)15-16-26-25(5)32(41)29(19-35(26,6)7)45-31(40)18-17-30(39)44-21-28(38)34(43)33(42)27(37)20-36;1-6-7-8-14(2)9-10-16-15(3)20(25)17(13-21(16,4)5)26-19(24)12-11-18(22)23/h8-16,27-29,33-34,36-38,42-43H,17-21H2,1-7H3;6-10,17H,11-13H2,1-5H3,(H,22,23)/b9-8+,13-10+,16-15+,23-12+,24-14+;7-6+,10-9+,14-8+. The summed E-state index contributed by atoms with van der Waals surface area (Å²) >= 11 is 0. The molecule has 2 rings (SSSR count). The van der Waals surface area contributed by atoms with E-state index in [-0.39, 0.29) is 42.7 Å². The van der Waals surface area contributed by atoms with Crippen LogP contribution in [-0.4, -0.2) is 116 Å². The molecule has 0 heterocycles. The fourth-order valence-corrected chi connectivity index (χ4v) is 7.40. The average Bonchev–Trinajstić information content (AvgIpc) is 3.29. The quantitative estimate of drug-likeness (QED) is 0.0327. The van der Waals surface area contributed by atoms with Gasteiger partial charge in [-0.3, -0.25) is 28.8 Å². The Morgan fingerprint density at radius 1 is 0.606 bits per heavy atom. The first kappa shape index (κ1) is 63.2. The minimum Gasteiger partial charge on any atom is -0.481 e. The van der Waals surface area contributed by atoms with Crippen LogP contribution in [0.15, 0.2) is 130 Å². The smallest absolute Gasteiger partial charge is 0.307 e. The monoisotopic (exact) mass is 991 g/mol. The van der Waals surface area contributed by atoms with Gasteiger partial charge in [0.2, 0.25) is 0 Å². The van der Waals surface area contributed by atoms with Gasteiger partial charge < -0.3 is 44.8 Å². The summed E-state index contributed by atoms with van der Waals surface area (Å²) < 4.78 is 15.5. The molecule has 71 heavy (non-hydrogen) atoms. The lowest BCUT2D eigenvalue weighted by Crippen LogP contribution is -2.47. The molecule has 0 aromatic carbocycles. The van der Waals surface area contributed by atoms with Gasteiger partial charge in [0.25, 0.3) is 0 Å². The van der Waals surface area contributed by atoms with Gasteiger partial charge in [-0.25, -0.2) is 0 Å². The first-order valence-corrected chi connectivity index (χ1v) is 23.7. The number of ether oxygens (including phenoxy) is 3. The Morgan fingerprint density at radius 3 is 1.46 bits per heavy atom. The molecule has 0 saturated carbocycles. The van der Waals surface area contributed by atoms with Gasteiger partial charge in [0.1, 0.15) is 31.0 Å². The van der Waals surface area contributed by atoms with Crippen LogP contribution in [0.25, 0.3) is 0 Å². The Bertz CT molecular complexity index is 2230. The van der Waals surface area contributed by atoms with E-state index in [2.05, 4.69) is 0 Å². The van der Waals surface area contributed by atoms with Gasteiger partial charge in [-0.15, -0.1) is 0 Å². The normalized spacial score (nSPS) is 20.6. The van der Waals surface area contributed by atoms with Gasteiger partial charge >= 0.3 is 23.9 Å². The molecular formula is C56H78O15. The highest BCUT2D eigenvalue weighted by Gasteiger charge is 2.41. The lowest BCUT2D eigenvalue weighted by molar-refractivity contribution is -0.161. The number of rotatable bonds is 23. The molecule has 2 aliphatic rings. The maximum Gasteiger partial charge on any atom is 0.307 e. The molecule has 15 nitrogen and oxygen atoms in total. The van der Waals surface area contributed by atoms with Crippen molar-refractivity contribution in [3.05, 3.63) is 130 Å². The van der Waals surface area contributed by atoms with Crippen molar-refractivity contribution < 1.29 is 73.6 Å². The van der Waals surface area contributed by atoms with Crippen molar-refractivity contribution in [2.75, 3.05) is 13.2 Å². The molecule has 6 N–H and O–H groups in total. The van der Waals surface area contributed by atoms with Crippen LogP contribution >= 0.6 is 0 Å². The van der Waals surface area contributed by atoms with Crippen molar-refractivity contribution in [2.45, 2.75) is 158 Å². The number of carboxylic acids is 1. The van der Waals surface area contributed by atoms with Gasteiger partial charge in [-0.05, 0) is 88.5 Å². The van der Waals surface area contributed by atoms with E-state index in [0.717, 1.165) is 27.9 Å². The predicted molar refractivity (Wildman–Crippen MR) is 272 cm³/mol. The Balaban J connectivity index is 0.000000820. The summed E-state index contributed by atoms with van der Waals surface area (Å²) in [6.45, 7) is 21.8. The lowest BCUT2D eigenvalue weighted by Gasteiger charge is -2.36. The third-order valence-corrected chi connectivity index (χ3v) is 11.5. The maximum absolute atomic E-state index is 13.1. The highest BCUT2D eigenvalue weighted by molar-refractivity contribution is 6.02. The number of hydrogen-bond acceptors (Lipinski definition) is 14. The molecule has 0 aliphatic heterocycles. The van der Waals surface area contributed by atoms with Crippen LogP contribution in [0.5, 0.6) is 0 Å². The molecule has 6 atom stereocenters. The fraction of sp³-hybridized carbons (Fsp3) is 0.500. The van der Waals surface area contributed by atoms with Crippen molar-refractivity contribution in [3.63, 3.8) is 0 Å². The molecule has 6 unspecified atom stereocenters. The zero-order valence-electron chi connectivity index (χ0n) is 43.6. The van der Waals surface area contributed by atoms with E-state index in [1.807, 2.05) is 154 Å². The van der Waals surface area contributed by atoms with E-state index in [1.165, 1.54) is 5.57 Å². The number of allylic oxidation sites excluding steroid dienone is 20. The summed E-state index contributed by atoms with van der Waals surface area (Å²) in [5.41, 5.74) is 6.41. The van der Waals surface area contributed by atoms with Crippen LogP contribution in [0, 0.1) is 10.8 Å². The van der Waals surface area contributed by atoms with Crippen molar-refractivity contribution in [2.24, 2.45) is 10.8 Å². The third-order valence-electron chi connectivity index (χ3n) is 11.5. The van der Waals surface area contributed by atoms with Gasteiger partial charge in [0.05, 0.1) is 32.3 Å². The van der Waals surface area contributed by atoms with Crippen LogP contribution in [-0.2, 0) is 43.0 Å². The number of Topliss-reactive ketones (excluding diaryl/α,β-unsaturated/α-hetero) is 2. The molecular weight excluding hydrogens is 913 g/mol. The van der Waals surface area contributed by atoms with Crippen molar-refractivity contribution in [1.29, 1.82) is 0 Å². The van der Waals surface area contributed by atoms with E-state index in [4.69, 9.17) is 24.4 Å². The second-order valence-electron chi connectivity index (χ2n) is 19.2. The summed E-state index contributed by atoms with van der Waals surface area (Å²) in [6, 6.07) is 0. The van der Waals surface area contributed by atoms with E-state index in [1.54, 1.807) is 13.8 Å². The van der Waals surface area contributed by atoms with E-state index < -0.39 is 85.6 Å². The van der Waals surface area contributed by atoms with Crippen molar-refractivity contribution in [3.8, 4) is 0 Å². The molecule has 0 fully saturated rings. The maximum atomic E-state index is 13.1. The molecule has 15 heteroatoms. The van der Waals surface area contributed by atoms with Crippen LogP contribution in [0.4, 0.5) is 0 Å². The summed E-state index contributed by atoms with van der Waals surface area (Å²) in [4.78, 5) is 72.5. The van der Waals surface area contributed by atoms with Gasteiger partial charge in [0, 0.05) is 12.8 Å². The van der Waals surface area contributed by atoms with E-state index in [9.17, 15) is 49.2 Å². The second-order valence-corrected chi connectivity index (χ2v) is 19.2. The van der Waals surface area contributed by atoms with Crippen LogP contribution < -0.4 is 0 Å². The number of carbonyl (C=O) groups excluding carboxylic acids is 5. The number of aliphatic hydroxyl groups excluding tert-OH is 5. The molecule has 0 bridgehead atoms. The van der Waals surface area contributed by atoms with Crippen molar-refractivity contribution in [1.82, 2.24) is 0 Å². The van der Waals surface area contributed by atoms with Gasteiger partial charge in [0.15, 0.2) is 23.8 Å².